The maximum Gasteiger partial charge on any atom is 0.341 e. The van der Waals surface area contributed by atoms with Crippen LogP contribution in [-0.4, -0.2) is 23.2 Å². The Morgan fingerprint density at radius 2 is 2.17 bits per heavy atom. The molecular weight excluding hydrogens is 258 g/mol. The summed E-state index contributed by atoms with van der Waals surface area (Å²) in [5.74, 6) is -0.883. The van der Waals surface area contributed by atoms with Crippen molar-refractivity contribution in [3.05, 3.63) is 38.6 Å². The molecule has 2 N–H and O–H groups in total. The van der Waals surface area contributed by atoms with E-state index in [4.69, 9.17) is 21.4 Å². The van der Waals surface area contributed by atoms with E-state index >= 15 is 0 Å². The van der Waals surface area contributed by atoms with Crippen molar-refractivity contribution in [2.45, 2.75) is 6.92 Å². The molecule has 94 valence electrons. The van der Waals surface area contributed by atoms with Gasteiger partial charge in [-0.3, -0.25) is 4.79 Å². The van der Waals surface area contributed by atoms with Crippen molar-refractivity contribution in [2.75, 3.05) is 7.11 Å². The van der Waals surface area contributed by atoms with Crippen LogP contribution in [0.25, 0.3) is 10.9 Å². The van der Waals surface area contributed by atoms with E-state index in [1.807, 2.05) is 0 Å². The third kappa shape index (κ3) is 1.73. The fourth-order valence-electron chi connectivity index (χ4n) is 1.82. The molecule has 0 spiro atoms. The number of hydrogen-bond acceptors (Lipinski definition) is 3. The second-order valence-corrected chi connectivity index (χ2v) is 4.18. The van der Waals surface area contributed by atoms with E-state index in [0.717, 1.165) is 6.20 Å². The van der Waals surface area contributed by atoms with E-state index in [-0.39, 0.29) is 10.9 Å². The van der Waals surface area contributed by atoms with Gasteiger partial charge in [0.25, 0.3) is 0 Å². The molecule has 1 heterocycles. The molecule has 0 radical (unpaired) electrons. The van der Waals surface area contributed by atoms with Gasteiger partial charge in [0.2, 0.25) is 5.43 Å². The Balaban J connectivity index is 3.01. The molecule has 0 bridgehead atoms. The van der Waals surface area contributed by atoms with Crippen LogP contribution in [0.5, 0.6) is 5.75 Å². The van der Waals surface area contributed by atoms with Gasteiger partial charge in [-0.05, 0) is 12.5 Å². The van der Waals surface area contributed by atoms with Gasteiger partial charge in [0.15, 0.2) is 0 Å². The molecule has 1 aromatic carbocycles. The Morgan fingerprint density at radius 3 is 2.72 bits per heavy atom. The van der Waals surface area contributed by atoms with Crippen molar-refractivity contribution in [1.29, 1.82) is 0 Å². The zero-order valence-electron chi connectivity index (χ0n) is 9.70. The first-order valence-electron chi connectivity index (χ1n) is 5.09. The predicted octanol–water partition coefficient (Wildman–Crippen LogP) is 2.20. The lowest BCUT2D eigenvalue weighted by Crippen LogP contribution is -2.16. The quantitative estimate of drug-likeness (QED) is 0.874. The van der Waals surface area contributed by atoms with Crippen LogP contribution < -0.4 is 10.2 Å². The van der Waals surface area contributed by atoms with Crippen LogP contribution in [0.2, 0.25) is 5.02 Å². The molecule has 0 saturated heterocycles. The molecule has 6 heteroatoms. The zero-order chi connectivity index (χ0) is 13.4. The van der Waals surface area contributed by atoms with Crippen LogP contribution in [0.3, 0.4) is 0 Å². The van der Waals surface area contributed by atoms with E-state index in [1.165, 1.54) is 7.11 Å². The van der Waals surface area contributed by atoms with Gasteiger partial charge in [0.1, 0.15) is 11.3 Å². The average molecular weight is 268 g/mol. The number of benzene rings is 1. The van der Waals surface area contributed by atoms with Crippen LogP contribution in [0.1, 0.15) is 15.9 Å². The number of aromatic nitrogens is 1. The first kappa shape index (κ1) is 12.4. The van der Waals surface area contributed by atoms with Gasteiger partial charge in [-0.25, -0.2) is 4.79 Å². The highest BCUT2D eigenvalue weighted by atomic mass is 35.5. The second-order valence-electron chi connectivity index (χ2n) is 3.77. The topological polar surface area (TPSA) is 79.4 Å². The molecular formula is C12H10ClNO4. The maximum atomic E-state index is 12.1. The normalized spacial score (nSPS) is 10.6. The largest absolute Gasteiger partial charge is 0.494 e. The summed E-state index contributed by atoms with van der Waals surface area (Å²) >= 11 is 6.00. The summed E-state index contributed by atoms with van der Waals surface area (Å²) in [4.78, 5) is 25.8. The van der Waals surface area contributed by atoms with Crippen LogP contribution in [-0.2, 0) is 0 Å². The van der Waals surface area contributed by atoms with Crippen LogP contribution >= 0.6 is 11.6 Å². The molecule has 1 aromatic heterocycles. The number of pyridine rings is 1. The zero-order valence-corrected chi connectivity index (χ0v) is 10.5. The number of H-pyrrole nitrogens is 1. The molecule has 0 aliphatic rings. The van der Waals surface area contributed by atoms with Crippen molar-refractivity contribution < 1.29 is 14.6 Å². The van der Waals surface area contributed by atoms with Gasteiger partial charge in [-0.2, -0.15) is 0 Å². The highest BCUT2D eigenvalue weighted by Crippen LogP contribution is 2.30. The van der Waals surface area contributed by atoms with E-state index in [9.17, 15) is 9.59 Å². The minimum atomic E-state index is -1.28. The van der Waals surface area contributed by atoms with E-state index in [2.05, 4.69) is 4.98 Å². The Labute approximate surface area is 107 Å². The van der Waals surface area contributed by atoms with Gasteiger partial charge in [-0.15, -0.1) is 0 Å². The number of fused-ring (bicyclic) bond motifs is 1. The lowest BCUT2D eigenvalue weighted by molar-refractivity contribution is 0.0695. The minimum Gasteiger partial charge on any atom is -0.494 e. The molecule has 2 aromatic rings. The first-order chi connectivity index (χ1) is 8.47. The standard InChI is InChI=1S/C12H10ClNO4/c1-5-7(13)3-8(18-2)10-9(5)11(15)6(4-14-10)12(16)17/h3-4H,1-2H3,(H,14,15)(H,16,17). The summed E-state index contributed by atoms with van der Waals surface area (Å²) in [5.41, 5.74) is 0.0655. The number of nitrogens with one attached hydrogen (secondary N) is 1. The van der Waals surface area contributed by atoms with Crippen LogP contribution in [0.15, 0.2) is 17.1 Å². The van der Waals surface area contributed by atoms with Crippen LogP contribution in [0, 0.1) is 6.92 Å². The lowest BCUT2D eigenvalue weighted by atomic mass is 10.1. The number of methoxy groups -OCH3 is 1. The number of carboxylic acids is 1. The monoisotopic (exact) mass is 267 g/mol. The number of rotatable bonds is 2. The molecule has 2 rings (SSSR count). The van der Waals surface area contributed by atoms with E-state index in [1.54, 1.807) is 13.0 Å². The number of halogens is 1. The molecule has 0 unspecified atom stereocenters. The smallest absolute Gasteiger partial charge is 0.341 e. The minimum absolute atomic E-state index is 0.235. The van der Waals surface area contributed by atoms with E-state index in [0.29, 0.717) is 21.9 Å². The fourth-order valence-corrected chi connectivity index (χ4v) is 2.01. The maximum absolute atomic E-state index is 12.1. The van der Waals surface area contributed by atoms with Gasteiger partial charge >= 0.3 is 5.97 Å². The number of ether oxygens (including phenoxy) is 1. The summed E-state index contributed by atoms with van der Waals surface area (Å²) in [6.45, 7) is 1.66. The third-order valence-electron chi connectivity index (χ3n) is 2.77. The van der Waals surface area contributed by atoms with Gasteiger partial charge in [-0.1, -0.05) is 11.6 Å². The Morgan fingerprint density at radius 1 is 1.50 bits per heavy atom. The molecule has 0 aliphatic heterocycles. The van der Waals surface area contributed by atoms with Crippen LogP contribution in [0.4, 0.5) is 0 Å². The summed E-state index contributed by atoms with van der Waals surface area (Å²) in [6, 6.07) is 1.58. The highest BCUT2D eigenvalue weighted by molar-refractivity contribution is 6.32. The second kappa shape index (κ2) is 4.34. The number of carboxylic acid groups (broad SMARTS) is 1. The molecule has 5 nitrogen and oxygen atoms in total. The SMILES string of the molecule is COc1cc(Cl)c(C)c2c(=O)c(C(=O)O)c[nH]c12. The summed E-state index contributed by atoms with van der Waals surface area (Å²) in [6.07, 6.45) is 1.16. The highest BCUT2D eigenvalue weighted by Gasteiger charge is 2.17. The number of aromatic amines is 1. The molecule has 0 amide bonds. The fraction of sp³-hybridized carbons (Fsp3) is 0.167. The van der Waals surface area contributed by atoms with Gasteiger partial charge < -0.3 is 14.8 Å². The predicted molar refractivity (Wildman–Crippen MR) is 67.8 cm³/mol. The molecule has 18 heavy (non-hydrogen) atoms. The summed E-state index contributed by atoms with van der Waals surface area (Å²) in [7, 11) is 1.45. The molecule has 0 fully saturated rings. The van der Waals surface area contributed by atoms with Crippen molar-refractivity contribution in [3.8, 4) is 5.75 Å². The van der Waals surface area contributed by atoms with Crippen molar-refractivity contribution >= 4 is 28.5 Å². The molecule has 0 saturated carbocycles. The summed E-state index contributed by atoms with van der Waals surface area (Å²) < 4.78 is 5.12. The van der Waals surface area contributed by atoms with E-state index < -0.39 is 11.4 Å². The number of aromatic carboxylic acids is 1. The summed E-state index contributed by atoms with van der Waals surface area (Å²) in [5, 5.41) is 9.52. The average Bonchev–Trinajstić information content (AvgIpc) is 2.33. The van der Waals surface area contributed by atoms with Crippen molar-refractivity contribution in [2.24, 2.45) is 0 Å². The Kier molecular flexibility index (Phi) is 3.00. The molecule has 0 atom stereocenters. The number of aryl methyl sites for hydroxylation is 1. The van der Waals surface area contributed by atoms with Crippen molar-refractivity contribution in [3.63, 3.8) is 0 Å². The Bertz CT molecular complexity index is 705. The first-order valence-corrected chi connectivity index (χ1v) is 5.47. The molecule has 0 aliphatic carbocycles. The van der Waals surface area contributed by atoms with Gasteiger partial charge in [0, 0.05) is 17.3 Å². The third-order valence-corrected chi connectivity index (χ3v) is 3.16. The van der Waals surface area contributed by atoms with Crippen molar-refractivity contribution in [1.82, 2.24) is 4.98 Å². The lowest BCUT2D eigenvalue weighted by Gasteiger charge is -2.09. The Hall–Kier alpha value is -2.01. The number of hydrogen-bond donors (Lipinski definition) is 2. The number of carbonyl (C=O) groups is 1. The van der Waals surface area contributed by atoms with Gasteiger partial charge in [0.05, 0.1) is 18.0 Å².